The summed E-state index contributed by atoms with van der Waals surface area (Å²) in [6.07, 6.45) is 1.87. The SMILES string of the molecule is COc1cccc(NS(=O)(=O)CC(C)C(=O)NCCCC(C)(C)C)c1. The van der Waals surface area contributed by atoms with Crippen LogP contribution in [0.2, 0.25) is 0 Å². The molecule has 2 N–H and O–H groups in total. The molecule has 0 bridgehead atoms. The lowest BCUT2D eigenvalue weighted by Gasteiger charge is -2.18. The smallest absolute Gasteiger partial charge is 0.233 e. The second kappa shape index (κ2) is 9.08. The zero-order valence-corrected chi connectivity index (χ0v) is 16.6. The van der Waals surface area contributed by atoms with Gasteiger partial charge in [-0.05, 0) is 30.4 Å². The van der Waals surface area contributed by atoms with Crippen molar-refractivity contribution in [2.24, 2.45) is 11.3 Å². The van der Waals surface area contributed by atoms with E-state index in [1.807, 2.05) is 0 Å². The zero-order valence-electron chi connectivity index (χ0n) is 15.8. The summed E-state index contributed by atoms with van der Waals surface area (Å²) < 4.78 is 32.0. The summed E-state index contributed by atoms with van der Waals surface area (Å²) in [4.78, 5) is 12.1. The van der Waals surface area contributed by atoms with Gasteiger partial charge in [0.15, 0.2) is 0 Å². The van der Waals surface area contributed by atoms with Crippen molar-refractivity contribution in [3.05, 3.63) is 24.3 Å². The molecule has 0 aliphatic rings. The summed E-state index contributed by atoms with van der Waals surface area (Å²) in [6, 6.07) is 6.65. The van der Waals surface area contributed by atoms with Crippen LogP contribution < -0.4 is 14.8 Å². The highest BCUT2D eigenvalue weighted by Gasteiger charge is 2.21. The molecule has 142 valence electrons. The molecule has 0 aliphatic heterocycles. The van der Waals surface area contributed by atoms with Gasteiger partial charge in [0.2, 0.25) is 15.9 Å². The Morgan fingerprint density at radius 3 is 2.56 bits per heavy atom. The predicted octanol–water partition coefficient (Wildman–Crippen LogP) is 3.02. The molecule has 1 amide bonds. The van der Waals surface area contributed by atoms with Gasteiger partial charge in [0, 0.05) is 12.6 Å². The molecule has 1 rings (SSSR count). The van der Waals surface area contributed by atoms with E-state index in [9.17, 15) is 13.2 Å². The van der Waals surface area contributed by atoms with Gasteiger partial charge in [0.25, 0.3) is 0 Å². The monoisotopic (exact) mass is 370 g/mol. The van der Waals surface area contributed by atoms with Gasteiger partial charge in [-0.3, -0.25) is 9.52 Å². The average molecular weight is 371 g/mol. The number of amides is 1. The molecule has 0 heterocycles. The van der Waals surface area contributed by atoms with Crippen molar-refractivity contribution < 1.29 is 17.9 Å². The molecule has 0 radical (unpaired) electrons. The third kappa shape index (κ3) is 8.77. The van der Waals surface area contributed by atoms with Crippen LogP contribution in [0, 0.1) is 11.3 Å². The van der Waals surface area contributed by atoms with Crippen LogP contribution in [-0.4, -0.2) is 33.7 Å². The lowest BCUT2D eigenvalue weighted by Crippen LogP contribution is -2.35. The van der Waals surface area contributed by atoms with E-state index in [1.54, 1.807) is 31.2 Å². The summed E-state index contributed by atoms with van der Waals surface area (Å²) in [5.41, 5.74) is 0.637. The molecule has 7 heteroatoms. The number of sulfonamides is 1. The first-order valence-electron chi connectivity index (χ1n) is 8.45. The van der Waals surface area contributed by atoms with Gasteiger partial charge in [-0.2, -0.15) is 0 Å². The number of anilines is 1. The Hall–Kier alpha value is -1.76. The number of hydrogen-bond acceptors (Lipinski definition) is 4. The summed E-state index contributed by atoms with van der Waals surface area (Å²) in [5.74, 6) is -0.581. The van der Waals surface area contributed by atoms with Crippen LogP contribution in [0.3, 0.4) is 0 Å². The molecule has 1 aromatic carbocycles. The summed E-state index contributed by atoms with van der Waals surface area (Å²) in [7, 11) is -2.11. The molecule has 1 aromatic rings. The van der Waals surface area contributed by atoms with Crippen molar-refractivity contribution in [3.63, 3.8) is 0 Å². The molecule has 0 saturated heterocycles. The van der Waals surface area contributed by atoms with Crippen molar-refractivity contribution in [2.45, 2.75) is 40.5 Å². The van der Waals surface area contributed by atoms with Crippen LogP contribution in [0.4, 0.5) is 5.69 Å². The first-order valence-corrected chi connectivity index (χ1v) is 10.1. The molecule has 0 aromatic heterocycles. The fraction of sp³-hybridized carbons (Fsp3) is 0.611. The fourth-order valence-corrected chi connectivity index (χ4v) is 3.70. The van der Waals surface area contributed by atoms with E-state index in [-0.39, 0.29) is 17.1 Å². The van der Waals surface area contributed by atoms with Crippen LogP contribution in [0.1, 0.15) is 40.5 Å². The third-order valence-electron chi connectivity index (χ3n) is 3.66. The van der Waals surface area contributed by atoms with Gasteiger partial charge >= 0.3 is 0 Å². The van der Waals surface area contributed by atoms with E-state index in [0.29, 0.717) is 18.0 Å². The molecule has 1 atom stereocenters. The Kier molecular flexibility index (Phi) is 7.73. The standard InChI is InChI=1S/C18H30N2O4S/c1-14(17(21)19-11-7-10-18(2,3)4)13-25(22,23)20-15-8-6-9-16(12-15)24-5/h6,8-9,12,14,20H,7,10-11,13H2,1-5H3,(H,19,21). The molecule has 1 unspecified atom stereocenters. The Balaban J connectivity index is 2.50. The Bertz CT molecular complexity index is 666. The number of hydrogen-bond donors (Lipinski definition) is 2. The molecular formula is C18H30N2O4S. The maximum absolute atomic E-state index is 12.2. The van der Waals surface area contributed by atoms with Crippen molar-refractivity contribution in [1.29, 1.82) is 0 Å². The Morgan fingerprint density at radius 1 is 1.28 bits per heavy atom. The first-order chi connectivity index (χ1) is 11.5. The number of nitrogens with one attached hydrogen (secondary N) is 2. The largest absolute Gasteiger partial charge is 0.497 e. The highest BCUT2D eigenvalue weighted by Crippen LogP contribution is 2.20. The van der Waals surface area contributed by atoms with Crippen molar-refractivity contribution in [3.8, 4) is 5.75 Å². The lowest BCUT2D eigenvalue weighted by molar-refractivity contribution is -0.123. The number of rotatable bonds is 9. The van der Waals surface area contributed by atoms with Crippen molar-refractivity contribution in [1.82, 2.24) is 5.32 Å². The lowest BCUT2D eigenvalue weighted by atomic mass is 9.91. The molecule has 0 spiro atoms. The van der Waals surface area contributed by atoms with Gasteiger partial charge in [0.05, 0.1) is 24.5 Å². The first kappa shape index (κ1) is 21.3. The second-order valence-corrected chi connectivity index (χ2v) is 9.24. The third-order valence-corrected chi connectivity index (χ3v) is 5.15. The summed E-state index contributed by atoms with van der Waals surface area (Å²) in [6.45, 7) is 8.62. The van der Waals surface area contributed by atoms with E-state index in [0.717, 1.165) is 12.8 Å². The number of carbonyl (C=O) groups excluding carboxylic acids is 1. The van der Waals surface area contributed by atoms with Crippen molar-refractivity contribution in [2.75, 3.05) is 24.1 Å². The maximum Gasteiger partial charge on any atom is 0.233 e. The number of carbonyl (C=O) groups is 1. The van der Waals surface area contributed by atoms with E-state index < -0.39 is 15.9 Å². The molecule has 6 nitrogen and oxygen atoms in total. The van der Waals surface area contributed by atoms with Crippen LogP contribution in [-0.2, 0) is 14.8 Å². The summed E-state index contributed by atoms with van der Waals surface area (Å²) >= 11 is 0. The number of benzene rings is 1. The fourth-order valence-electron chi connectivity index (χ4n) is 2.32. The molecule has 0 saturated carbocycles. The van der Waals surface area contributed by atoms with E-state index in [4.69, 9.17) is 4.74 Å². The van der Waals surface area contributed by atoms with Crippen LogP contribution >= 0.6 is 0 Å². The minimum absolute atomic E-state index is 0.223. The molecular weight excluding hydrogens is 340 g/mol. The Labute approximate surface area is 151 Å². The number of ether oxygens (including phenoxy) is 1. The predicted molar refractivity (Wildman–Crippen MR) is 101 cm³/mol. The minimum atomic E-state index is -3.62. The summed E-state index contributed by atoms with van der Waals surface area (Å²) in [5, 5.41) is 2.81. The topological polar surface area (TPSA) is 84.5 Å². The second-order valence-electron chi connectivity index (χ2n) is 7.47. The average Bonchev–Trinajstić information content (AvgIpc) is 2.49. The van der Waals surface area contributed by atoms with Crippen LogP contribution in [0.25, 0.3) is 0 Å². The minimum Gasteiger partial charge on any atom is -0.497 e. The molecule has 25 heavy (non-hydrogen) atoms. The highest BCUT2D eigenvalue weighted by atomic mass is 32.2. The van der Waals surface area contributed by atoms with Gasteiger partial charge in [-0.15, -0.1) is 0 Å². The maximum atomic E-state index is 12.2. The van der Waals surface area contributed by atoms with E-state index in [1.165, 1.54) is 7.11 Å². The van der Waals surface area contributed by atoms with Gasteiger partial charge in [-0.1, -0.05) is 33.8 Å². The van der Waals surface area contributed by atoms with Crippen LogP contribution in [0.15, 0.2) is 24.3 Å². The van der Waals surface area contributed by atoms with E-state index >= 15 is 0 Å². The zero-order chi connectivity index (χ0) is 19.1. The number of methoxy groups -OCH3 is 1. The van der Waals surface area contributed by atoms with Gasteiger partial charge in [0.1, 0.15) is 5.75 Å². The quantitative estimate of drug-likeness (QED) is 0.655. The van der Waals surface area contributed by atoms with E-state index in [2.05, 4.69) is 30.8 Å². The molecule has 0 fully saturated rings. The van der Waals surface area contributed by atoms with Crippen LogP contribution in [0.5, 0.6) is 5.75 Å². The Morgan fingerprint density at radius 2 is 1.96 bits per heavy atom. The normalized spacial score (nSPS) is 13.2. The van der Waals surface area contributed by atoms with Gasteiger partial charge < -0.3 is 10.1 Å². The molecule has 0 aliphatic carbocycles. The highest BCUT2D eigenvalue weighted by molar-refractivity contribution is 7.92. The van der Waals surface area contributed by atoms with Gasteiger partial charge in [-0.25, -0.2) is 8.42 Å². The van der Waals surface area contributed by atoms with Crippen molar-refractivity contribution >= 4 is 21.6 Å².